The molecule has 1 amide bonds. The number of amides is 1. The number of carbonyl (C=O) groups is 2. The van der Waals surface area contributed by atoms with Crippen molar-refractivity contribution in [1.82, 2.24) is 4.98 Å². The number of benzene rings is 1. The smallest absolute Gasteiger partial charge is 0.317 e. The Morgan fingerprint density at radius 2 is 1.81 bits per heavy atom. The van der Waals surface area contributed by atoms with E-state index in [1.807, 2.05) is 30.3 Å². The van der Waals surface area contributed by atoms with Gasteiger partial charge in [-0.15, -0.1) is 0 Å². The molecular formula is C20H20Cl2N2O3. The molecule has 27 heavy (non-hydrogen) atoms. The van der Waals surface area contributed by atoms with Gasteiger partial charge < -0.3 is 10.1 Å². The van der Waals surface area contributed by atoms with Gasteiger partial charge in [0.2, 0.25) is 0 Å². The van der Waals surface area contributed by atoms with Gasteiger partial charge in [0, 0.05) is 0 Å². The molecule has 1 aliphatic rings. The number of nitrogens with one attached hydrogen (secondary N) is 1. The Balaban J connectivity index is 1.66. The largest absolute Gasteiger partial charge is 0.455 e. The van der Waals surface area contributed by atoms with Crippen LogP contribution in [-0.2, 0) is 19.7 Å². The molecule has 2 aromatic rings. The van der Waals surface area contributed by atoms with Gasteiger partial charge in [-0.1, -0.05) is 66.4 Å². The minimum absolute atomic E-state index is 0.193. The standard InChI is InChI=1S/C20H20Cl2N2O3/c1-13-15(21)11-16(22)18(23-13)24-17(25)12-27-19(26)20(9-5-6-10-20)14-7-3-2-4-8-14/h2-4,7-8,11H,5-6,9-10,12H2,1H3,(H,23,24,25). The van der Waals surface area contributed by atoms with E-state index in [0.717, 1.165) is 31.2 Å². The van der Waals surface area contributed by atoms with Gasteiger partial charge in [0.15, 0.2) is 12.4 Å². The predicted molar refractivity (Wildman–Crippen MR) is 105 cm³/mol. The third-order valence-electron chi connectivity index (χ3n) is 4.87. The zero-order valence-electron chi connectivity index (χ0n) is 14.9. The van der Waals surface area contributed by atoms with Crippen molar-refractivity contribution in [2.24, 2.45) is 0 Å². The highest BCUT2D eigenvalue weighted by Gasteiger charge is 2.44. The number of halogens is 2. The summed E-state index contributed by atoms with van der Waals surface area (Å²) in [4.78, 5) is 29.2. The molecule has 1 aromatic carbocycles. The van der Waals surface area contributed by atoms with Crippen molar-refractivity contribution in [2.75, 3.05) is 11.9 Å². The van der Waals surface area contributed by atoms with Gasteiger partial charge in [-0.05, 0) is 31.4 Å². The van der Waals surface area contributed by atoms with Gasteiger partial charge in [0.05, 0.1) is 21.2 Å². The molecule has 0 bridgehead atoms. The fraction of sp³-hybridized carbons (Fsp3) is 0.350. The van der Waals surface area contributed by atoms with E-state index in [1.165, 1.54) is 6.07 Å². The third-order valence-corrected chi connectivity index (χ3v) is 5.54. The quantitative estimate of drug-likeness (QED) is 0.731. The molecule has 1 fully saturated rings. The van der Waals surface area contributed by atoms with Crippen molar-refractivity contribution in [3.05, 3.63) is 57.7 Å². The minimum atomic E-state index is -0.672. The lowest BCUT2D eigenvalue weighted by molar-refractivity contribution is -0.153. The molecule has 1 N–H and O–H groups in total. The lowest BCUT2D eigenvalue weighted by Crippen LogP contribution is -2.36. The fourth-order valence-electron chi connectivity index (χ4n) is 3.43. The maximum atomic E-state index is 12.8. The number of aromatic nitrogens is 1. The average Bonchev–Trinajstić information content (AvgIpc) is 3.16. The van der Waals surface area contributed by atoms with E-state index in [0.29, 0.717) is 10.7 Å². The molecule has 5 nitrogen and oxygen atoms in total. The molecule has 1 heterocycles. The Bertz CT molecular complexity index is 850. The monoisotopic (exact) mass is 406 g/mol. The van der Waals surface area contributed by atoms with Crippen LogP contribution in [0.3, 0.4) is 0 Å². The summed E-state index contributed by atoms with van der Waals surface area (Å²) >= 11 is 12.0. The molecule has 7 heteroatoms. The SMILES string of the molecule is Cc1nc(NC(=O)COC(=O)C2(c3ccccc3)CCCC2)c(Cl)cc1Cl. The third kappa shape index (κ3) is 4.25. The number of ether oxygens (including phenoxy) is 1. The number of nitrogens with zero attached hydrogens (tertiary/aromatic N) is 1. The zero-order valence-corrected chi connectivity index (χ0v) is 16.4. The van der Waals surface area contributed by atoms with Crippen LogP contribution in [0.1, 0.15) is 36.9 Å². The van der Waals surface area contributed by atoms with Crippen molar-refractivity contribution in [2.45, 2.75) is 38.0 Å². The molecule has 0 radical (unpaired) electrons. The van der Waals surface area contributed by atoms with Gasteiger partial charge in [0.25, 0.3) is 5.91 Å². The lowest BCUT2D eigenvalue weighted by Gasteiger charge is -2.27. The first kappa shape index (κ1) is 19.6. The number of esters is 1. The maximum absolute atomic E-state index is 12.8. The number of anilines is 1. The summed E-state index contributed by atoms with van der Waals surface area (Å²) in [5.41, 5.74) is 0.808. The van der Waals surface area contributed by atoms with Crippen LogP contribution in [0.2, 0.25) is 10.0 Å². The second kappa shape index (κ2) is 8.28. The summed E-state index contributed by atoms with van der Waals surface area (Å²) < 4.78 is 5.36. The van der Waals surface area contributed by atoms with E-state index >= 15 is 0 Å². The molecule has 142 valence electrons. The first-order chi connectivity index (χ1) is 12.9. The molecule has 0 aliphatic heterocycles. The number of carbonyl (C=O) groups excluding carboxylic acids is 2. The average molecular weight is 407 g/mol. The molecular weight excluding hydrogens is 387 g/mol. The number of hydrogen-bond donors (Lipinski definition) is 1. The first-order valence-electron chi connectivity index (χ1n) is 8.77. The topological polar surface area (TPSA) is 68.3 Å². The number of rotatable bonds is 5. The minimum Gasteiger partial charge on any atom is -0.455 e. The maximum Gasteiger partial charge on any atom is 0.317 e. The Labute approximate surface area is 168 Å². The molecule has 0 spiro atoms. The van der Waals surface area contributed by atoms with E-state index in [1.54, 1.807) is 6.92 Å². The van der Waals surface area contributed by atoms with Crippen LogP contribution >= 0.6 is 23.2 Å². The van der Waals surface area contributed by atoms with Gasteiger partial charge in [-0.25, -0.2) is 4.98 Å². The molecule has 1 aliphatic carbocycles. The molecule has 1 aromatic heterocycles. The van der Waals surface area contributed by atoms with Crippen LogP contribution in [0, 0.1) is 6.92 Å². The Morgan fingerprint density at radius 1 is 1.15 bits per heavy atom. The summed E-state index contributed by atoms with van der Waals surface area (Å²) in [5.74, 6) is -0.674. The second-order valence-electron chi connectivity index (χ2n) is 6.67. The van der Waals surface area contributed by atoms with E-state index in [4.69, 9.17) is 27.9 Å². The summed E-state index contributed by atoms with van der Waals surface area (Å²) in [6.07, 6.45) is 3.36. The van der Waals surface area contributed by atoms with Crippen LogP contribution < -0.4 is 5.32 Å². The lowest BCUT2D eigenvalue weighted by atomic mass is 9.79. The molecule has 1 saturated carbocycles. The summed E-state index contributed by atoms with van der Waals surface area (Å²) in [6, 6.07) is 11.1. The summed E-state index contributed by atoms with van der Waals surface area (Å²) in [7, 11) is 0. The normalized spacial score (nSPS) is 15.4. The van der Waals surface area contributed by atoms with Gasteiger partial charge >= 0.3 is 5.97 Å². The first-order valence-corrected chi connectivity index (χ1v) is 9.53. The van der Waals surface area contributed by atoms with E-state index in [2.05, 4.69) is 10.3 Å². The van der Waals surface area contributed by atoms with Crippen LogP contribution in [0.4, 0.5) is 5.82 Å². The highest BCUT2D eigenvalue weighted by atomic mass is 35.5. The number of pyridine rings is 1. The molecule has 0 unspecified atom stereocenters. The van der Waals surface area contributed by atoms with Crippen molar-refractivity contribution in [1.29, 1.82) is 0 Å². The zero-order chi connectivity index (χ0) is 19.4. The van der Waals surface area contributed by atoms with E-state index < -0.39 is 17.9 Å². The van der Waals surface area contributed by atoms with Gasteiger partial charge in [0.1, 0.15) is 0 Å². The van der Waals surface area contributed by atoms with Crippen molar-refractivity contribution in [3.8, 4) is 0 Å². The van der Waals surface area contributed by atoms with Crippen LogP contribution in [-0.4, -0.2) is 23.5 Å². The van der Waals surface area contributed by atoms with Gasteiger partial charge in [-0.3, -0.25) is 9.59 Å². The molecule has 0 atom stereocenters. The Kier molecular flexibility index (Phi) is 6.02. The highest BCUT2D eigenvalue weighted by molar-refractivity contribution is 6.36. The Morgan fingerprint density at radius 3 is 2.48 bits per heavy atom. The van der Waals surface area contributed by atoms with Crippen molar-refractivity contribution in [3.63, 3.8) is 0 Å². The number of aryl methyl sites for hydroxylation is 1. The Hall–Kier alpha value is -2.11. The van der Waals surface area contributed by atoms with Crippen LogP contribution in [0.5, 0.6) is 0 Å². The molecule has 3 rings (SSSR count). The summed E-state index contributed by atoms with van der Waals surface area (Å²) in [6.45, 7) is 1.31. The van der Waals surface area contributed by atoms with E-state index in [9.17, 15) is 9.59 Å². The summed E-state index contributed by atoms with van der Waals surface area (Å²) in [5, 5.41) is 3.20. The van der Waals surface area contributed by atoms with Crippen molar-refractivity contribution >= 4 is 40.9 Å². The van der Waals surface area contributed by atoms with E-state index in [-0.39, 0.29) is 16.8 Å². The predicted octanol–water partition coefficient (Wildman–Crippen LogP) is 4.69. The van der Waals surface area contributed by atoms with Gasteiger partial charge in [-0.2, -0.15) is 0 Å². The highest BCUT2D eigenvalue weighted by Crippen LogP contribution is 2.42. The van der Waals surface area contributed by atoms with Crippen LogP contribution in [0.15, 0.2) is 36.4 Å². The molecule has 0 saturated heterocycles. The second-order valence-corrected chi connectivity index (χ2v) is 7.48. The number of hydrogen-bond acceptors (Lipinski definition) is 4. The van der Waals surface area contributed by atoms with Crippen LogP contribution in [0.25, 0.3) is 0 Å². The van der Waals surface area contributed by atoms with Crippen molar-refractivity contribution < 1.29 is 14.3 Å². The fourth-order valence-corrected chi connectivity index (χ4v) is 3.84.